The van der Waals surface area contributed by atoms with Crippen molar-refractivity contribution >= 4 is 35.6 Å². The molecule has 2 heterocycles. The fourth-order valence-electron chi connectivity index (χ4n) is 3.61. The highest BCUT2D eigenvalue weighted by Crippen LogP contribution is 2.32. The van der Waals surface area contributed by atoms with Crippen LogP contribution in [0.4, 0.5) is 0 Å². The summed E-state index contributed by atoms with van der Waals surface area (Å²) in [7, 11) is 0. The van der Waals surface area contributed by atoms with Crippen LogP contribution in [0.2, 0.25) is 0 Å². The predicted octanol–water partition coefficient (Wildman–Crippen LogP) is 1.38. The highest BCUT2D eigenvalue weighted by Gasteiger charge is 2.38. The molecule has 0 aromatic heterocycles. The second-order valence-electron chi connectivity index (χ2n) is 7.68. The first-order valence-corrected chi connectivity index (χ1v) is 10.8. The van der Waals surface area contributed by atoms with Gasteiger partial charge >= 0.3 is 11.9 Å². The van der Waals surface area contributed by atoms with Crippen LogP contribution in [0.3, 0.4) is 0 Å². The number of imide groups is 2. The molecule has 0 atom stereocenters. The molecule has 2 aliphatic heterocycles. The lowest BCUT2D eigenvalue weighted by atomic mass is 9.93. The van der Waals surface area contributed by atoms with Crippen LogP contribution in [-0.2, 0) is 38.2 Å². The van der Waals surface area contributed by atoms with Gasteiger partial charge < -0.3 is 9.47 Å². The zero-order valence-electron chi connectivity index (χ0n) is 19.4. The van der Waals surface area contributed by atoms with Crippen LogP contribution in [0.1, 0.15) is 39.5 Å². The van der Waals surface area contributed by atoms with Gasteiger partial charge in [-0.15, -0.1) is 0 Å². The fraction of sp³-hybridized carbons (Fsp3) is 0.417. The van der Waals surface area contributed by atoms with E-state index in [2.05, 4.69) is 13.2 Å². The van der Waals surface area contributed by atoms with Crippen molar-refractivity contribution in [3.05, 3.63) is 47.6 Å². The molecule has 0 bridgehead atoms. The molecular weight excluding hydrogens is 444 g/mol. The maximum Gasteiger partial charge on any atom is 0.330 e. The lowest BCUT2D eigenvalue weighted by molar-refractivity contribution is -0.144. The molecule has 34 heavy (non-hydrogen) atoms. The third-order valence-corrected chi connectivity index (χ3v) is 5.62. The average Bonchev–Trinajstić information content (AvgIpc) is 3.19. The molecule has 1 aliphatic carbocycles. The maximum absolute atomic E-state index is 12.0. The van der Waals surface area contributed by atoms with Crippen LogP contribution in [0.5, 0.6) is 0 Å². The van der Waals surface area contributed by atoms with Gasteiger partial charge in [0, 0.05) is 34.4 Å². The number of carbonyl (C=O) groups excluding carboxylic acids is 6. The molecule has 0 fully saturated rings. The molecule has 182 valence electrons. The Hall–Kier alpha value is -3.82. The molecule has 0 aromatic rings. The second-order valence-corrected chi connectivity index (χ2v) is 7.68. The Morgan fingerprint density at radius 1 is 0.735 bits per heavy atom. The van der Waals surface area contributed by atoms with Crippen LogP contribution in [0.25, 0.3) is 0 Å². The van der Waals surface area contributed by atoms with E-state index in [0.717, 1.165) is 29.9 Å². The summed E-state index contributed by atoms with van der Waals surface area (Å²) in [5.74, 6) is -2.20. The van der Waals surface area contributed by atoms with Gasteiger partial charge in [0.05, 0.1) is 13.1 Å². The molecule has 0 aromatic carbocycles. The molecule has 4 amide bonds. The van der Waals surface area contributed by atoms with Crippen molar-refractivity contribution in [3.8, 4) is 0 Å². The first-order chi connectivity index (χ1) is 16.1. The van der Waals surface area contributed by atoms with Gasteiger partial charge in [0.25, 0.3) is 23.6 Å². The molecule has 3 rings (SSSR count). The van der Waals surface area contributed by atoms with Crippen LogP contribution in [-0.4, -0.2) is 71.7 Å². The summed E-state index contributed by atoms with van der Waals surface area (Å²) in [5.41, 5.74) is 2.20. The van der Waals surface area contributed by atoms with Crippen molar-refractivity contribution in [2.24, 2.45) is 0 Å². The van der Waals surface area contributed by atoms with Gasteiger partial charge in [0.15, 0.2) is 0 Å². The lowest BCUT2D eigenvalue weighted by Crippen LogP contribution is -2.35. The Morgan fingerprint density at radius 3 is 1.44 bits per heavy atom. The SMILES string of the molecule is C=CC(=O)OCCN1C(=O)C(C)=C(C)C1=O.C=CC(=O)OCCN1C(=O)C2=C(CCCC2)C1=O. The predicted molar refractivity (Wildman–Crippen MR) is 120 cm³/mol. The molecular formula is C24H28N2O8. The standard InChI is InChI=1S/C13H15NO4.C11H13NO4/c1-2-11(15)18-8-7-14-12(16)9-5-3-4-6-10(9)13(14)17;1-4-9(13)16-6-5-12-10(14)7(2)8(3)11(12)15/h2H,1,3-8H2;4H,1,5-6H2,2-3H3. The first-order valence-electron chi connectivity index (χ1n) is 10.8. The van der Waals surface area contributed by atoms with E-state index in [1.165, 1.54) is 4.90 Å². The normalized spacial score (nSPS) is 17.5. The third kappa shape index (κ3) is 5.94. The summed E-state index contributed by atoms with van der Waals surface area (Å²) in [4.78, 5) is 70.9. The average molecular weight is 472 g/mol. The van der Waals surface area contributed by atoms with Crippen LogP contribution >= 0.6 is 0 Å². The molecule has 0 saturated heterocycles. The third-order valence-electron chi connectivity index (χ3n) is 5.62. The van der Waals surface area contributed by atoms with Crippen LogP contribution in [0.15, 0.2) is 47.6 Å². The molecule has 0 N–H and O–H groups in total. The number of esters is 2. The molecule has 3 aliphatic rings. The van der Waals surface area contributed by atoms with E-state index in [-0.39, 0.29) is 49.9 Å². The Morgan fingerprint density at radius 2 is 1.09 bits per heavy atom. The topological polar surface area (TPSA) is 127 Å². The van der Waals surface area contributed by atoms with Crippen molar-refractivity contribution in [3.63, 3.8) is 0 Å². The van der Waals surface area contributed by atoms with Crippen LogP contribution in [0, 0.1) is 0 Å². The monoisotopic (exact) mass is 472 g/mol. The first kappa shape index (κ1) is 26.4. The summed E-state index contributed by atoms with van der Waals surface area (Å²) < 4.78 is 9.48. The molecule has 0 spiro atoms. The molecule has 0 unspecified atom stereocenters. The summed E-state index contributed by atoms with van der Waals surface area (Å²) in [5, 5.41) is 0. The van der Waals surface area contributed by atoms with Gasteiger partial charge in [-0.3, -0.25) is 29.0 Å². The minimum atomic E-state index is -0.569. The summed E-state index contributed by atoms with van der Waals surface area (Å²) in [6, 6.07) is 0. The highest BCUT2D eigenvalue weighted by molar-refractivity contribution is 6.19. The van der Waals surface area contributed by atoms with E-state index in [9.17, 15) is 28.8 Å². The van der Waals surface area contributed by atoms with Crippen molar-refractivity contribution < 1.29 is 38.2 Å². The number of hydrogen-bond donors (Lipinski definition) is 0. The van der Waals surface area contributed by atoms with E-state index in [1.54, 1.807) is 13.8 Å². The number of nitrogens with zero attached hydrogens (tertiary/aromatic N) is 2. The Labute approximate surface area is 197 Å². The molecule has 10 nitrogen and oxygen atoms in total. The zero-order chi connectivity index (χ0) is 25.4. The van der Waals surface area contributed by atoms with Crippen LogP contribution < -0.4 is 0 Å². The number of rotatable bonds is 8. The smallest absolute Gasteiger partial charge is 0.330 e. The van der Waals surface area contributed by atoms with Crippen molar-refractivity contribution in [2.45, 2.75) is 39.5 Å². The molecule has 0 saturated carbocycles. The van der Waals surface area contributed by atoms with Crippen molar-refractivity contribution in [1.29, 1.82) is 0 Å². The van der Waals surface area contributed by atoms with E-state index in [4.69, 9.17) is 9.47 Å². The molecule has 0 radical (unpaired) electrons. The van der Waals surface area contributed by atoms with Gasteiger partial charge in [0.2, 0.25) is 0 Å². The summed E-state index contributed by atoms with van der Waals surface area (Å²) in [6.07, 6.45) is 5.36. The largest absolute Gasteiger partial charge is 0.461 e. The number of amides is 4. The quantitative estimate of drug-likeness (QED) is 0.294. The lowest BCUT2D eigenvalue weighted by Gasteiger charge is -2.14. The fourth-order valence-corrected chi connectivity index (χ4v) is 3.61. The minimum absolute atomic E-state index is 0.0110. The highest BCUT2D eigenvalue weighted by atomic mass is 16.5. The molecule has 10 heteroatoms. The van der Waals surface area contributed by atoms with Gasteiger partial charge in [-0.25, -0.2) is 9.59 Å². The Bertz CT molecular complexity index is 952. The van der Waals surface area contributed by atoms with Gasteiger partial charge in [-0.05, 0) is 39.5 Å². The Kier molecular flexibility index (Phi) is 9.23. The van der Waals surface area contributed by atoms with Gasteiger partial charge in [0.1, 0.15) is 13.2 Å². The number of hydrogen-bond acceptors (Lipinski definition) is 8. The van der Waals surface area contributed by atoms with E-state index in [0.29, 0.717) is 35.1 Å². The summed E-state index contributed by atoms with van der Waals surface area (Å²) in [6.45, 7) is 9.91. The van der Waals surface area contributed by atoms with Gasteiger partial charge in [-0.1, -0.05) is 13.2 Å². The Balaban J connectivity index is 0.000000242. The minimum Gasteiger partial charge on any atom is -0.461 e. The summed E-state index contributed by atoms with van der Waals surface area (Å²) >= 11 is 0. The number of ether oxygens (including phenoxy) is 2. The maximum atomic E-state index is 12.0. The second kappa shape index (κ2) is 11.9. The van der Waals surface area contributed by atoms with Crippen molar-refractivity contribution in [1.82, 2.24) is 9.80 Å². The van der Waals surface area contributed by atoms with E-state index in [1.807, 2.05) is 0 Å². The van der Waals surface area contributed by atoms with E-state index >= 15 is 0 Å². The van der Waals surface area contributed by atoms with E-state index < -0.39 is 11.9 Å². The number of carbonyl (C=O) groups is 6. The van der Waals surface area contributed by atoms with Gasteiger partial charge in [-0.2, -0.15) is 0 Å². The zero-order valence-corrected chi connectivity index (χ0v) is 19.4. The van der Waals surface area contributed by atoms with Crippen molar-refractivity contribution in [2.75, 3.05) is 26.3 Å².